The maximum atomic E-state index is 12.4. The van der Waals surface area contributed by atoms with E-state index in [4.69, 9.17) is 4.74 Å². The first kappa shape index (κ1) is 24.9. The van der Waals surface area contributed by atoms with Crippen LogP contribution >= 0.6 is 0 Å². The number of esters is 1. The van der Waals surface area contributed by atoms with Gasteiger partial charge in [0, 0.05) is 12.3 Å². The average Bonchev–Trinajstić information content (AvgIpc) is 3.11. The van der Waals surface area contributed by atoms with Crippen molar-refractivity contribution in [3.05, 3.63) is 11.6 Å². The van der Waals surface area contributed by atoms with E-state index >= 15 is 0 Å². The zero-order valence-electron chi connectivity index (χ0n) is 23.7. The number of carbonyl (C=O) groups excluding carboxylic acids is 1. The third kappa shape index (κ3) is 2.89. The topological polar surface area (TPSA) is 26.3 Å². The highest BCUT2D eigenvalue weighted by molar-refractivity contribution is 5.66. The van der Waals surface area contributed by atoms with E-state index in [2.05, 4.69) is 61.5 Å². The average molecular weight is 469 g/mol. The molecule has 0 amide bonds. The number of hydrogen-bond acceptors (Lipinski definition) is 2. The van der Waals surface area contributed by atoms with E-state index in [0.29, 0.717) is 33.5 Å². The van der Waals surface area contributed by atoms with Crippen LogP contribution in [0.5, 0.6) is 0 Å². The van der Waals surface area contributed by atoms with Gasteiger partial charge in [-0.3, -0.25) is 4.79 Å². The van der Waals surface area contributed by atoms with Crippen LogP contribution in [0.2, 0.25) is 0 Å². The Morgan fingerprint density at radius 3 is 2.12 bits per heavy atom. The molecule has 34 heavy (non-hydrogen) atoms. The van der Waals surface area contributed by atoms with Crippen molar-refractivity contribution in [3.63, 3.8) is 0 Å². The van der Waals surface area contributed by atoms with Gasteiger partial charge >= 0.3 is 5.97 Å². The van der Waals surface area contributed by atoms with E-state index in [9.17, 15) is 4.79 Å². The molecule has 0 aliphatic heterocycles. The summed E-state index contributed by atoms with van der Waals surface area (Å²) in [7, 11) is 0. The molecule has 5 aliphatic carbocycles. The minimum atomic E-state index is -0.0949. The van der Waals surface area contributed by atoms with Gasteiger partial charge in [0.1, 0.15) is 6.10 Å². The van der Waals surface area contributed by atoms with Crippen molar-refractivity contribution >= 4 is 5.97 Å². The van der Waals surface area contributed by atoms with Crippen molar-refractivity contribution in [2.75, 3.05) is 0 Å². The molecule has 0 unspecified atom stereocenters. The van der Waals surface area contributed by atoms with Crippen LogP contribution < -0.4 is 0 Å². The van der Waals surface area contributed by atoms with E-state index in [1.54, 1.807) is 6.92 Å². The molecule has 0 radical (unpaired) electrons. The Balaban J connectivity index is 1.59. The van der Waals surface area contributed by atoms with Crippen LogP contribution in [-0.4, -0.2) is 12.1 Å². The molecule has 4 fully saturated rings. The minimum absolute atomic E-state index is 0.0153. The summed E-state index contributed by atoms with van der Waals surface area (Å²) in [6.45, 7) is 22.0. The molecule has 0 N–H and O–H groups in total. The SMILES string of the molecule is CC(=O)O[C@@H]1C[C@H]2[C@@](C)(CC[C@@]3(C)[C@@H]4CC[C@H](C(C)C)[C@@]4(C)CC[C@]23C)[C@H]2CCC=C(C)[C@]21C. The third-order valence-corrected chi connectivity index (χ3v) is 13.9. The fourth-order valence-electron chi connectivity index (χ4n) is 12.0. The summed E-state index contributed by atoms with van der Waals surface area (Å²) in [6.07, 6.45) is 14.3. The summed E-state index contributed by atoms with van der Waals surface area (Å²) in [5.41, 5.74) is 3.00. The van der Waals surface area contributed by atoms with Crippen LogP contribution in [0.15, 0.2) is 11.6 Å². The lowest BCUT2D eigenvalue weighted by Gasteiger charge is -2.73. The molecule has 2 nitrogen and oxygen atoms in total. The second-order valence-corrected chi connectivity index (χ2v) is 15.0. The smallest absolute Gasteiger partial charge is 0.302 e. The fraction of sp³-hybridized carbons (Fsp3) is 0.906. The van der Waals surface area contributed by atoms with Gasteiger partial charge in [-0.25, -0.2) is 0 Å². The van der Waals surface area contributed by atoms with Crippen molar-refractivity contribution in [2.45, 2.75) is 126 Å². The van der Waals surface area contributed by atoms with Gasteiger partial charge in [-0.15, -0.1) is 0 Å². The quantitative estimate of drug-likeness (QED) is 0.299. The molecular formula is C32H52O2. The minimum Gasteiger partial charge on any atom is -0.462 e. The molecule has 0 bridgehead atoms. The molecule has 0 aromatic rings. The highest BCUT2D eigenvalue weighted by Crippen LogP contribution is 2.79. The first-order chi connectivity index (χ1) is 15.7. The third-order valence-electron chi connectivity index (χ3n) is 13.9. The van der Waals surface area contributed by atoms with Crippen molar-refractivity contribution in [2.24, 2.45) is 56.7 Å². The normalized spacial score (nSPS) is 54.4. The molecule has 0 saturated heterocycles. The first-order valence-electron chi connectivity index (χ1n) is 14.6. The van der Waals surface area contributed by atoms with Crippen molar-refractivity contribution in [3.8, 4) is 0 Å². The van der Waals surface area contributed by atoms with E-state index in [1.807, 2.05) is 0 Å². The molecule has 0 aromatic heterocycles. The Labute approximate surface area is 210 Å². The van der Waals surface area contributed by atoms with Crippen molar-refractivity contribution < 1.29 is 9.53 Å². The number of rotatable bonds is 2. The van der Waals surface area contributed by atoms with Gasteiger partial charge in [-0.2, -0.15) is 0 Å². The van der Waals surface area contributed by atoms with Crippen LogP contribution in [0.4, 0.5) is 0 Å². The number of hydrogen-bond donors (Lipinski definition) is 0. The fourth-order valence-corrected chi connectivity index (χ4v) is 12.0. The summed E-state index contributed by atoms with van der Waals surface area (Å²) in [5.74, 6) is 3.65. The molecule has 5 aliphatic rings. The maximum absolute atomic E-state index is 12.4. The second kappa shape index (κ2) is 7.61. The molecule has 10 atom stereocenters. The Morgan fingerprint density at radius 1 is 0.882 bits per heavy atom. The van der Waals surface area contributed by atoms with Crippen LogP contribution in [0.1, 0.15) is 120 Å². The number of fused-ring (bicyclic) bond motifs is 7. The maximum Gasteiger partial charge on any atom is 0.302 e. The van der Waals surface area contributed by atoms with E-state index < -0.39 is 0 Å². The summed E-state index contributed by atoms with van der Waals surface area (Å²) < 4.78 is 6.26. The standard InChI is InChI=1S/C32H52O2/c1-20(2)23-13-14-24-28(23,5)15-17-31(8)26-19-27(34-22(4)33)32(9)21(3)11-10-12-25(32)29(26,6)16-18-30(24,31)7/h11,20,23-27H,10,12-19H2,1-9H3/t23-,24-,25-,26+,27-,28-,29+,30+,31-,32-/m1/s1. The summed E-state index contributed by atoms with van der Waals surface area (Å²) >= 11 is 0. The summed E-state index contributed by atoms with van der Waals surface area (Å²) in [4.78, 5) is 12.4. The first-order valence-corrected chi connectivity index (χ1v) is 14.6. The molecule has 192 valence electrons. The second-order valence-electron chi connectivity index (χ2n) is 15.0. The Morgan fingerprint density at radius 2 is 1.50 bits per heavy atom. The van der Waals surface area contributed by atoms with Gasteiger partial charge in [0.2, 0.25) is 0 Å². The lowest BCUT2D eigenvalue weighted by atomic mass is 9.31. The number of allylic oxidation sites excluding steroid dienone is 1. The van der Waals surface area contributed by atoms with Crippen LogP contribution in [-0.2, 0) is 9.53 Å². The van der Waals surface area contributed by atoms with E-state index in [-0.39, 0.29) is 17.5 Å². The van der Waals surface area contributed by atoms with Gasteiger partial charge < -0.3 is 4.74 Å². The molecular weight excluding hydrogens is 416 g/mol. The van der Waals surface area contributed by atoms with Gasteiger partial charge in [0.15, 0.2) is 0 Å². The number of ether oxygens (including phenoxy) is 1. The molecule has 5 rings (SSSR count). The van der Waals surface area contributed by atoms with E-state index in [1.165, 1.54) is 56.9 Å². The van der Waals surface area contributed by atoms with Crippen LogP contribution in [0, 0.1) is 56.7 Å². The highest BCUT2D eigenvalue weighted by atomic mass is 16.5. The van der Waals surface area contributed by atoms with Gasteiger partial charge in [0.05, 0.1) is 0 Å². The van der Waals surface area contributed by atoms with Crippen molar-refractivity contribution in [1.82, 2.24) is 0 Å². The van der Waals surface area contributed by atoms with Crippen LogP contribution in [0.3, 0.4) is 0 Å². The monoisotopic (exact) mass is 468 g/mol. The van der Waals surface area contributed by atoms with Gasteiger partial charge in [0.25, 0.3) is 0 Å². The zero-order valence-corrected chi connectivity index (χ0v) is 23.7. The predicted octanol–water partition coefficient (Wildman–Crippen LogP) is 8.60. The highest BCUT2D eigenvalue weighted by Gasteiger charge is 2.72. The Kier molecular flexibility index (Phi) is 5.57. The lowest BCUT2D eigenvalue weighted by molar-refractivity contribution is -0.256. The summed E-state index contributed by atoms with van der Waals surface area (Å²) in [5, 5.41) is 0. The largest absolute Gasteiger partial charge is 0.462 e. The van der Waals surface area contributed by atoms with Crippen LogP contribution in [0.25, 0.3) is 0 Å². The van der Waals surface area contributed by atoms with Gasteiger partial charge in [-0.1, -0.05) is 60.1 Å². The van der Waals surface area contributed by atoms with E-state index in [0.717, 1.165) is 24.2 Å². The summed E-state index contributed by atoms with van der Waals surface area (Å²) in [6, 6.07) is 0. The predicted molar refractivity (Wildman–Crippen MR) is 140 cm³/mol. The Hall–Kier alpha value is -0.790. The molecule has 0 spiro atoms. The number of carbonyl (C=O) groups is 1. The molecule has 0 heterocycles. The molecule has 2 heteroatoms. The van der Waals surface area contributed by atoms with Crippen molar-refractivity contribution in [1.29, 1.82) is 0 Å². The zero-order chi connectivity index (χ0) is 24.9. The molecule has 4 saturated carbocycles. The Bertz CT molecular complexity index is 887. The lowest BCUT2D eigenvalue weighted by Crippen LogP contribution is -2.68. The van der Waals surface area contributed by atoms with Gasteiger partial charge in [-0.05, 0) is 116 Å². The molecule has 0 aromatic carbocycles.